The van der Waals surface area contributed by atoms with Crippen molar-refractivity contribution in [3.05, 3.63) is 53.1 Å². The normalized spacial score (nSPS) is 24.1. The summed E-state index contributed by atoms with van der Waals surface area (Å²) in [6.07, 6.45) is 5.40. The van der Waals surface area contributed by atoms with E-state index < -0.39 is 17.7 Å². The molecule has 0 bridgehead atoms. The lowest BCUT2D eigenvalue weighted by Gasteiger charge is -2.32. The van der Waals surface area contributed by atoms with Gasteiger partial charge in [-0.3, -0.25) is 9.63 Å². The molecule has 0 spiro atoms. The van der Waals surface area contributed by atoms with Crippen molar-refractivity contribution in [2.45, 2.75) is 51.6 Å². The molecule has 1 amide bonds. The third kappa shape index (κ3) is 4.08. The molecular weight excluding hydrogens is 390 g/mol. The van der Waals surface area contributed by atoms with Gasteiger partial charge in [0.2, 0.25) is 5.91 Å². The number of halogens is 2. The minimum Gasteiger partial charge on any atom is -0.322 e. The van der Waals surface area contributed by atoms with Gasteiger partial charge in [0.25, 0.3) is 0 Å². The number of imidazole rings is 1. The number of carbonyl (C=O) groups is 1. The van der Waals surface area contributed by atoms with Crippen LogP contribution in [0.3, 0.4) is 0 Å². The summed E-state index contributed by atoms with van der Waals surface area (Å²) < 4.78 is 29.2. The highest BCUT2D eigenvalue weighted by molar-refractivity contribution is 5.78. The number of hydrogen-bond donors (Lipinski definition) is 0. The lowest BCUT2D eigenvalue weighted by atomic mass is 9.81. The molecule has 2 aromatic rings. The number of benzene rings is 1. The van der Waals surface area contributed by atoms with Crippen molar-refractivity contribution in [1.29, 1.82) is 5.26 Å². The summed E-state index contributed by atoms with van der Waals surface area (Å²) in [5.74, 6) is -1.22. The Morgan fingerprint density at radius 3 is 2.57 bits per heavy atom. The second kappa shape index (κ2) is 8.52. The number of aryl methyl sites for hydroxylation is 1. The summed E-state index contributed by atoms with van der Waals surface area (Å²) in [6.45, 7) is 2.89. The summed E-state index contributed by atoms with van der Waals surface area (Å²) >= 11 is 0. The molecule has 1 aliphatic heterocycles. The van der Waals surface area contributed by atoms with Gasteiger partial charge in [-0.1, -0.05) is 0 Å². The molecule has 0 N–H and O–H groups in total. The molecule has 6 nitrogen and oxygen atoms in total. The fraction of sp³-hybridized carbons (Fsp3) is 0.500. The molecule has 1 aromatic heterocycles. The maximum absolute atomic E-state index is 13.6. The van der Waals surface area contributed by atoms with Gasteiger partial charge < -0.3 is 4.57 Å². The minimum atomic E-state index is -0.656. The quantitative estimate of drug-likeness (QED) is 0.757. The van der Waals surface area contributed by atoms with Crippen LogP contribution in [0.25, 0.3) is 0 Å². The lowest BCUT2D eigenvalue weighted by molar-refractivity contribution is -0.183. The predicted molar refractivity (Wildman–Crippen MR) is 104 cm³/mol. The zero-order valence-electron chi connectivity index (χ0n) is 16.9. The van der Waals surface area contributed by atoms with E-state index in [0.717, 1.165) is 44.0 Å². The van der Waals surface area contributed by atoms with E-state index >= 15 is 0 Å². The largest absolute Gasteiger partial charge is 0.322 e. The molecule has 1 aliphatic carbocycles. The molecule has 0 unspecified atom stereocenters. The molecule has 8 heteroatoms. The zero-order chi connectivity index (χ0) is 21.3. The van der Waals surface area contributed by atoms with E-state index in [2.05, 4.69) is 11.1 Å². The van der Waals surface area contributed by atoms with Crippen LogP contribution in [-0.4, -0.2) is 27.1 Å². The number of aromatic nitrogens is 2. The third-order valence-electron chi connectivity index (χ3n) is 6.17. The smallest absolute Gasteiger partial charge is 0.249 e. The van der Waals surface area contributed by atoms with Crippen LogP contribution in [0, 0.1) is 41.7 Å². The molecular formula is C22H24F2N4O2. The molecule has 1 saturated heterocycles. The van der Waals surface area contributed by atoms with E-state index in [9.17, 15) is 18.8 Å². The molecule has 2 aliphatic rings. The molecule has 2 heterocycles. The van der Waals surface area contributed by atoms with E-state index in [4.69, 9.17) is 4.84 Å². The summed E-state index contributed by atoms with van der Waals surface area (Å²) in [5.41, 5.74) is 1.74. The minimum absolute atomic E-state index is 0.114. The van der Waals surface area contributed by atoms with Crippen molar-refractivity contribution in [3.8, 4) is 6.07 Å². The maximum Gasteiger partial charge on any atom is 0.249 e. The Balaban J connectivity index is 1.38. The van der Waals surface area contributed by atoms with Crippen molar-refractivity contribution in [2.75, 3.05) is 6.61 Å². The zero-order valence-corrected chi connectivity index (χ0v) is 16.9. The van der Waals surface area contributed by atoms with Crippen LogP contribution in [0.5, 0.6) is 0 Å². The van der Waals surface area contributed by atoms with Gasteiger partial charge in [0, 0.05) is 24.9 Å². The van der Waals surface area contributed by atoms with Gasteiger partial charge in [0.15, 0.2) is 0 Å². The average Bonchev–Trinajstić information content (AvgIpc) is 3.34. The van der Waals surface area contributed by atoms with Gasteiger partial charge >= 0.3 is 0 Å². The van der Waals surface area contributed by atoms with Crippen LogP contribution in [-0.2, 0) is 16.2 Å². The van der Waals surface area contributed by atoms with Crippen molar-refractivity contribution >= 4 is 5.91 Å². The summed E-state index contributed by atoms with van der Waals surface area (Å²) in [4.78, 5) is 22.8. The van der Waals surface area contributed by atoms with Crippen molar-refractivity contribution in [3.63, 3.8) is 0 Å². The number of rotatable bonds is 4. The maximum atomic E-state index is 13.6. The van der Waals surface area contributed by atoms with E-state index in [-0.39, 0.29) is 11.8 Å². The van der Waals surface area contributed by atoms with E-state index in [1.807, 2.05) is 11.5 Å². The first-order chi connectivity index (χ1) is 14.5. The van der Waals surface area contributed by atoms with Crippen molar-refractivity contribution < 1.29 is 18.4 Å². The van der Waals surface area contributed by atoms with Crippen molar-refractivity contribution in [1.82, 2.24) is 14.6 Å². The fourth-order valence-corrected chi connectivity index (χ4v) is 4.57. The molecule has 4 rings (SSSR count). The highest BCUT2D eigenvalue weighted by Crippen LogP contribution is 2.37. The molecule has 1 saturated carbocycles. The number of carbonyl (C=O) groups excluding carboxylic acids is 1. The Bertz CT molecular complexity index is 956. The Morgan fingerprint density at radius 1 is 1.20 bits per heavy atom. The van der Waals surface area contributed by atoms with Crippen LogP contribution in [0.2, 0.25) is 0 Å². The van der Waals surface area contributed by atoms with E-state index in [1.54, 1.807) is 6.33 Å². The molecule has 2 fully saturated rings. The predicted octanol–water partition coefficient (Wildman–Crippen LogP) is 4.05. The van der Waals surface area contributed by atoms with Crippen molar-refractivity contribution in [2.24, 2.45) is 11.8 Å². The first-order valence-corrected chi connectivity index (χ1v) is 10.3. The number of amides is 1. The number of hydrogen-bond acceptors (Lipinski definition) is 4. The van der Waals surface area contributed by atoms with Crippen LogP contribution < -0.4 is 0 Å². The number of nitriles is 1. The van der Waals surface area contributed by atoms with Gasteiger partial charge in [-0.15, -0.1) is 0 Å². The van der Waals surface area contributed by atoms with E-state index in [1.165, 1.54) is 17.2 Å². The summed E-state index contributed by atoms with van der Waals surface area (Å²) in [5, 5.41) is 10.6. The molecule has 158 valence electrons. The molecule has 1 aromatic carbocycles. The Labute approximate surface area is 174 Å². The topological polar surface area (TPSA) is 71.2 Å². The van der Waals surface area contributed by atoms with Gasteiger partial charge in [-0.2, -0.15) is 5.26 Å². The molecule has 0 radical (unpaired) electrons. The van der Waals surface area contributed by atoms with Gasteiger partial charge in [0.1, 0.15) is 23.4 Å². The van der Waals surface area contributed by atoms with Crippen LogP contribution in [0.15, 0.2) is 24.5 Å². The first-order valence-electron chi connectivity index (χ1n) is 10.3. The van der Waals surface area contributed by atoms with Gasteiger partial charge in [-0.05, 0) is 56.2 Å². The molecule has 1 atom stereocenters. The lowest BCUT2D eigenvalue weighted by Crippen LogP contribution is -2.37. The number of hydroxylamine groups is 2. The van der Waals surface area contributed by atoms with Crippen LogP contribution in [0.4, 0.5) is 8.78 Å². The Hall–Kier alpha value is -2.79. The summed E-state index contributed by atoms with van der Waals surface area (Å²) in [6, 6.07) is 5.08. The fourth-order valence-electron chi connectivity index (χ4n) is 4.57. The highest BCUT2D eigenvalue weighted by atomic mass is 19.1. The first kappa shape index (κ1) is 20.5. The van der Waals surface area contributed by atoms with Gasteiger partial charge in [0.05, 0.1) is 24.7 Å². The summed E-state index contributed by atoms with van der Waals surface area (Å²) in [7, 11) is 0. The van der Waals surface area contributed by atoms with Gasteiger partial charge in [-0.25, -0.2) is 18.8 Å². The second-order valence-corrected chi connectivity index (χ2v) is 8.16. The van der Waals surface area contributed by atoms with Crippen LogP contribution in [0.1, 0.15) is 55.1 Å². The van der Waals surface area contributed by atoms with E-state index in [0.29, 0.717) is 30.2 Å². The molecule has 30 heavy (non-hydrogen) atoms. The third-order valence-corrected chi connectivity index (χ3v) is 6.17. The number of nitrogens with zero attached hydrogens (tertiary/aromatic N) is 4. The second-order valence-electron chi connectivity index (χ2n) is 8.16. The highest BCUT2D eigenvalue weighted by Gasteiger charge is 2.37. The SMILES string of the molecule is Cc1ncn(C[C@H]2CC[C@H](C(=O)N3OCC[C@H]3c3cc(F)cc(F)c3)CC2)c1C#N. The average molecular weight is 414 g/mol. The van der Waals surface area contributed by atoms with Crippen LogP contribution >= 0.6 is 0 Å². The monoisotopic (exact) mass is 414 g/mol. The Kier molecular flexibility index (Phi) is 5.82. The Morgan fingerprint density at radius 2 is 1.90 bits per heavy atom. The standard InChI is InChI=1S/C22H24F2N4O2/c1-14-21(11-25)27(13-26-14)12-15-2-4-16(5-3-15)22(29)28-20(6-7-30-28)17-8-18(23)10-19(24)9-17/h8-10,13,15-16,20H,2-7,12H2,1H3/t15-,16-,20-/m0/s1.